The zero-order valence-corrected chi connectivity index (χ0v) is 18.5. The first-order valence-electron chi connectivity index (χ1n) is 10.6. The van der Waals surface area contributed by atoms with Crippen molar-refractivity contribution >= 4 is 17.5 Å². The molecule has 1 N–H and O–H groups in total. The molecule has 0 unspecified atom stereocenters. The van der Waals surface area contributed by atoms with Crippen molar-refractivity contribution in [3.05, 3.63) is 51.7 Å². The first-order valence-corrected chi connectivity index (χ1v) is 11.0. The van der Waals surface area contributed by atoms with Crippen molar-refractivity contribution in [1.29, 1.82) is 0 Å². The molecule has 3 rings (SSSR count). The molecule has 2 aromatic rings. The van der Waals surface area contributed by atoms with E-state index < -0.39 is 0 Å². The van der Waals surface area contributed by atoms with Crippen LogP contribution in [0.15, 0.2) is 35.3 Å². The van der Waals surface area contributed by atoms with Crippen LogP contribution < -0.4 is 11.0 Å². The number of ether oxygens (including phenoxy) is 1. The minimum Gasteiger partial charge on any atom is -0.382 e. The van der Waals surface area contributed by atoms with Gasteiger partial charge in [-0.05, 0) is 57.4 Å². The molecule has 2 heterocycles. The van der Waals surface area contributed by atoms with E-state index in [4.69, 9.17) is 16.3 Å². The van der Waals surface area contributed by atoms with Crippen LogP contribution in [0.5, 0.6) is 0 Å². The topological polar surface area (TPSA) is 68.5 Å². The molecule has 1 aromatic carbocycles. The van der Waals surface area contributed by atoms with Gasteiger partial charge in [0.25, 0.3) is 0 Å². The number of benzene rings is 1. The largest absolute Gasteiger partial charge is 0.382 e. The molecule has 0 aliphatic carbocycles. The van der Waals surface area contributed by atoms with Gasteiger partial charge in [0.05, 0.1) is 12.4 Å². The summed E-state index contributed by atoms with van der Waals surface area (Å²) in [5.74, 6) is 0.179. The highest BCUT2D eigenvalue weighted by atomic mass is 35.5. The normalized spacial score (nSPS) is 15.4. The van der Waals surface area contributed by atoms with E-state index in [0.717, 1.165) is 43.7 Å². The monoisotopic (exact) mass is 434 g/mol. The second-order valence-corrected chi connectivity index (χ2v) is 8.15. The van der Waals surface area contributed by atoms with E-state index in [1.807, 2.05) is 32.2 Å². The summed E-state index contributed by atoms with van der Waals surface area (Å²) in [4.78, 5) is 27.5. The zero-order valence-electron chi connectivity index (χ0n) is 17.8. The highest BCUT2D eigenvalue weighted by Crippen LogP contribution is 2.18. The summed E-state index contributed by atoms with van der Waals surface area (Å²) in [7, 11) is 0. The van der Waals surface area contributed by atoms with Crippen LogP contribution in [0.3, 0.4) is 0 Å². The van der Waals surface area contributed by atoms with Gasteiger partial charge in [-0.1, -0.05) is 11.6 Å². The van der Waals surface area contributed by atoms with Gasteiger partial charge in [0, 0.05) is 55.7 Å². The molecular formula is C22H31ClN4O3. The quantitative estimate of drug-likeness (QED) is 0.616. The number of amides is 1. The molecule has 30 heavy (non-hydrogen) atoms. The fourth-order valence-corrected chi connectivity index (χ4v) is 3.98. The summed E-state index contributed by atoms with van der Waals surface area (Å²) in [6, 6.07) is 7.26. The van der Waals surface area contributed by atoms with Gasteiger partial charge >= 0.3 is 5.69 Å². The molecule has 0 spiro atoms. The Kier molecular flexibility index (Phi) is 8.13. The Hall–Kier alpha value is -2.09. The summed E-state index contributed by atoms with van der Waals surface area (Å²) in [6.45, 7) is 8.07. The molecule has 0 saturated carbocycles. The predicted molar refractivity (Wildman–Crippen MR) is 118 cm³/mol. The second kappa shape index (κ2) is 10.8. The number of imidazole rings is 1. The molecule has 164 valence electrons. The number of rotatable bonds is 9. The molecule has 1 aromatic heterocycles. The number of aryl methyl sites for hydroxylation is 1. The number of piperidine rings is 1. The maximum atomic E-state index is 12.9. The summed E-state index contributed by atoms with van der Waals surface area (Å²) in [6.07, 6.45) is 4.34. The molecule has 1 amide bonds. The lowest BCUT2D eigenvalue weighted by Gasteiger charge is -2.31. The summed E-state index contributed by atoms with van der Waals surface area (Å²) >= 11 is 5.96. The van der Waals surface area contributed by atoms with Crippen molar-refractivity contribution in [3.63, 3.8) is 0 Å². The average molecular weight is 435 g/mol. The van der Waals surface area contributed by atoms with Crippen LogP contribution in [0.25, 0.3) is 5.69 Å². The Morgan fingerprint density at radius 2 is 1.93 bits per heavy atom. The lowest BCUT2D eigenvalue weighted by atomic mass is 9.96. The Labute approximate surface area is 182 Å². The Bertz CT molecular complexity index is 883. The standard InChI is InChI=1S/C22H31ClN4O3/c1-3-30-14-4-11-24-21(28)18-9-12-25(13-10-18)16-26-15-17(2)27(22(26)29)20-7-5-19(23)6-8-20/h5-8,15,18H,3-4,9-14,16H2,1-2H3,(H,24,28). The van der Waals surface area contributed by atoms with Gasteiger partial charge < -0.3 is 10.1 Å². The van der Waals surface area contributed by atoms with E-state index in [2.05, 4.69) is 10.2 Å². The van der Waals surface area contributed by atoms with Crippen LogP contribution in [0.4, 0.5) is 0 Å². The molecule has 1 aliphatic heterocycles. The van der Waals surface area contributed by atoms with Crippen molar-refractivity contribution < 1.29 is 9.53 Å². The van der Waals surface area contributed by atoms with Gasteiger partial charge in [-0.3, -0.25) is 18.8 Å². The van der Waals surface area contributed by atoms with Gasteiger partial charge in [-0.25, -0.2) is 4.79 Å². The SMILES string of the molecule is CCOCCCNC(=O)C1CCN(Cn2cc(C)n(-c3ccc(Cl)cc3)c2=O)CC1. The third kappa shape index (κ3) is 5.74. The van der Waals surface area contributed by atoms with Crippen LogP contribution >= 0.6 is 11.6 Å². The second-order valence-electron chi connectivity index (χ2n) is 7.71. The van der Waals surface area contributed by atoms with E-state index >= 15 is 0 Å². The van der Waals surface area contributed by atoms with Crippen molar-refractivity contribution in [3.8, 4) is 5.69 Å². The summed E-state index contributed by atoms with van der Waals surface area (Å²) in [5, 5.41) is 3.66. The lowest BCUT2D eigenvalue weighted by molar-refractivity contribution is -0.126. The predicted octanol–water partition coefficient (Wildman–Crippen LogP) is 2.81. The number of hydrogen-bond donors (Lipinski definition) is 1. The zero-order chi connectivity index (χ0) is 21.5. The smallest absolute Gasteiger partial charge is 0.334 e. The highest BCUT2D eigenvalue weighted by Gasteiger charge is 2.25. The first kappa shape index (κ1) is 22.6. The van der Waals surface area contributed by atoms with Gasteiger partial charge in [0.15, 0.2) is 0 Å². The number of halogens is 1. The molecule has 0 bridgehead atoms. The minimum atomic E-state index is -0.0658. The summed E-state index contributed by atoms with van der Waals surface area (Å²) < 4.78 is 8.72. The molecular weight excluding hydrogens is 404 g/mol. The Morgan fingerprint density at radius 3 is 2.60 bits per heavy atom. The van der Waals surface area contributed by atoms with Gasteiger partial charge in [-0.15, -0.1) is 0 Å². The third-order valence-electron chi connectivity index (χ3n) is 5.50. The highest BCUT2D eigenvalue weighted by molar-refractivity contribution is 6.30. The maximum Gasteiger partial charge on any atom is 0.334 e. The van der Waals surface area contributed by atoms with Gasteiger partial charge in [0.2, 0.25) is 5.91 Å². The molecule has 1 saturated heterocycles. The maximum absolute atomic E-state index is 12.9. The van der Waals surface area contributed by atoms with E-state index in [1.54, 1.807) is 21.3 Å². The number of nitrogens with zero attached hydrogens (tertiary/aromatic N) is 3. The van der Waals surface area contributed by atoms with Crippen LogP contribution in [-0.4, -0.2) is 52.8 Å². The number of nitrogens with one attached hydrogen (secondary N) is 1. The number of likely N-dealkylation sites (tertiary alicyclic amines) is 1. The molecule has 1 aliphatic rings. The van der Waals surface area contributed by atoms with Crippen molar-refractivity contribution in [2.75, 3.05) is 32.8 Å². The summed E-state index contributed by atoms with van der Waals surface area (Å²) in [5.41, 5.74) is 1.62. The molecule has 1 fully saturated rings. The Morgan fingerprint density at radius 1 is 1.23 bits per heavy atom. The van der Waals surface area contributed by atoms with Gasteiger partial charge in [0.1, 0.15) is 0 Å². The van der Waals surface area contributed by atoms with Crippen LogP contribution in [0.2, 0.25) is 5.02 Å². The van der Waals surface area contributed by atoms with Crippen LogP contribution in [0, 0.1) is 12.8 Å². The van der Waals surface area contributed by atoms with Crippen LogP contribution in [-0.2, 0) is 16.2 Å². The van der Waals surface area contributed by atoms with Gasteiger partial charge in [-0.2, -0.15) is 0 Å². The van der Waals surface area contributed by atoms with Crippen molar-refractivity contribution in [2.45, 2.75) is 39.8 Å². The van der Waals surface area contributed by atoms with Crippen molar-refractivity contribution in [2.24, 2.45) is 5.92 Å². The Balaban J connectivity index is 1.52. The van der Waals surface area contributed by atoms with E-state index in [0.29, 0.717) is 31.4 Å². The van der Waals surface area contributed by atoms with Crippen LogP contribution in [0.1, 0.15) is 31.9 Å². The van der Waals surface area contributed by atoms with E-state index in [1.165, 1.54) is 0 Å². The first-order chi connectivity index (χ1) is 14.5. The fourth-order valence-electron chi connectivity index (χ4n) is 3.85. The molecule has 0 atom stereocenters. The van der Waals surface area contributed by atoms with Crippen molar-refractivity contribution in [1.82, 2.24) is 19.4 Å². The third-order valence-corrected chi connectivity index (χ3v) is 5.75. The molecule has 8 heteroatoms. The number of aromatic nitrogens is 2. The van der Waals surface area contributed by atoms with E-state index in [-0.39, 0.29) is 17.5 Å². The number of carbonyl (C=O) groups excluding carboxylic acids is 1. The molecule has 7 nitrogen and oxygen atoms in total. The fraction of sp³-hybridized carbons (Fsp3) is 0.545. The number of hydrogen-bond acceptors (Lipinski definition) is 4. The number of carbonyl (C=O) groups is 1. The average Bonchev–Trinajstić information content (AvgIpc) is 3.02. The lowest BCUT2D eigenvalue weighted by Crippen LogP contribution is -2.42. The minimum absolute atomic E-state index is 0.0467. The molecule has 0 radical (unpaired) electrons. The van der Waals surface area contributed by atoms with E-state index in [9.17, 15) is 9.59 Å².